The zero-order valence-corrected chi connectivity index (χ0v) is 33.8. The van der Waals surface area contributed by atoms with Crippen LogP contribution < -0.4 is 21.3 Å². The molecule has 3 aliphatic heterocycles. The molecule has 0 aliphatic carbocycles. The Morgan fingerprint density at radius 3 is 1.65 bits per heavy atom. The van der Waals surface area contributed by atoms with E-state index < -0.39 is 122 Å². The zero-order chi connectivity index (χ0) is 45.8. The first-order valence-electron chi connectivity index (χ1n) is 19.6. The molecule has 1 unspecified atom stereocenters. The maximum Gasteiger partial charge on any atom is 0.307 e. The molecule has 2 aromatic rings. The van der Waals surface area contributed by atoms with Crippen molar-refractivity contribution in [3.8, 4) is 0 Å². The average molecular weight is 865 g/mol. The number of aliphatic carboxylic acids is 8. The van der Waals surface area contributed by atoms with Gasteiger partial charge in [-0.3, -0.25) is 38.4 Å². The number of nitrogens with one attached hydrogen (secondary N) is 4. The van der Waals surface area contributed by atoms with Gasteiger partial charge in [0, 0.05) is 81.7 Å². The third-order valence-electron chi connectivity index (χ3n) is 11.9. The summed E-state index contributed by atoms with van der Waals surface area (Å²) in [5.41, 5.74) is -0.905. The van der Waals surface area contributed by atoms with Gasteiger partial charge in [0.2, 0.25) is 0 Å². The van der Waals surface area contributed by atoms with Crippen molar-refractivity contribution < 1.29 is 79.2 Å². The SMILES string of the molecule is C[C@]1(CC(=O)O)C(CCC(=O)O)=C2/C=c3\[nH]/c(c(CCC(=O)O)c3CC(=O)O)=C\c3[nH]c(c(CC(=O)O)c3CCC(=O)O)/C=C3\NC(/C=C/1N2)[C@@H](CCC(=O)O)[C@]3(C)CC(=O)O. The second-order valence-corrected chi connectivity index (χ2v) is 16.2. The largest absolute Gasteiger partial charge is 0.481 e. The van der Waals surface area contributed by atoms with E-state index in [9.17, 15) is 79.2 Å². The summed E-state index contributed by atoms with van der Waals surface area (Å²) in [6.45, 7) is 3.17. The summed E-state index contributed by atoms with van der Waals surface area (Å²) in [4.78, 5) is 104. The van der Waals surface area contributed by atoms with Gasteiger partial charge in [-0.05, 0) is 90.7 Å². The Bertz CT molecular complexity index is 2470. The van der Waals surface area contributed by atoms with Gasteiger partial charge in [-0.25, -0.2) is 0 Å². The Labute approximate surface area is 352 Å². The summed E-state index contributed by atoms with van der Waals surface area (Å²) >= 11 is 0. The molecule has 5 rings (SSSR count). The highest BCUT2D eigenvalue weighted by molar-refractivity contribution is 5.78. The molecule has 4 atom stereocenters. The monoisotopic (exact) mass is 864 g/mol. The molecule has 0 radical (unpaired) electrons. The molecule has 0 saturated carbocycles. The van der Waals surface area contributed by atoms with Crippen LogP contribution in [0.2, 0.25) is 0 Å². The molecule has 62 heavy (non-hydrogen) atoms. The molecular weight excluding hydrogens is 816 g/mol. The molecule has 12 N–H and O–H groups in total. The maximum absolute atomic E-state index is 12.6. The lowest BCUT2D eigenvalue weighted by molar-refractivity contribution is -0.140. The first kappa shape index (κ1) is 46.0. The van der Waals surface area contributed by atoms with Crippen molar-refractivity contribution in [2.75, 3.05) is 0 Å². The van der Waals surface area contributed by atoms with E-state index in [2.05, 4.69) is 20.6 Å². The lowest BCUT2D eigenvalue weighted by atomic mass is 9.69. The number of carboxylic acids is 8. The van der Waals surface area contributed by atoms with Crippen molar-refractivity contribution in [1.82, 2.24) is 20.6 Å². The quantitative estimate of drug-likeness (QED) is 0.0899. The number of carbonyl (C=O) groups is 8. The number of fused-ring (bicyclic) bond motifs is 8. The number of H-pyrrole nitrogens is 2. The fraction of sp³-hybridized carbons (Fsp3) is 0.429. The minimum atomic E-state index is -1.47. The second-order valence-electron chi connectivity index (χ2n) is 16.2. The smallest absolute Gasteiger partial charge is 0.307 e. The lowest BCUT2D eigenvalue weighted by Crippen LogP contribution is -2.34. The maximum atomic E-state index is 12.6. The van der Waals surface area contributed by atoms with Crippen molar-refractivity contribution >= 4 is 66.0 Å². The van der Waals surface area contributed by atoms with Crippen molar-refractivity contribution in [2.24, 2.45) is 16.7 Å². The van der Waals surface area contributed by atoms with Crippen LogP contribution in [0.5, 0.6) is 0 Å². The van der Waals surface area contributed by atoms with Crippen LogP contribution in [0.15, 0.2) is 28.7 Å². The topological polar surface area (TPSA) is 354 Å². The van der Waals surface area contributed by atoms with Gasteiger partial charge in [-0.15, -0.1) is 0 Å². The molecule has 3 aliphatic rings. The number of aromatic nitrogens is 2. The van der Waals surface area contributed by atoms with Crippen LogP contribution in [0, 0.1) is 16.7 Å². The van der Waals surface area contributed by atoms with Crippen LogP contribution in [0.4, 0.5) is 0 Å². The highest BCUT2D eigenvalue weighted by Crippen LogP contribution is 2.52. The number of allylic oxidation sites excluding steroid dienone is 3. The molecule has 2 aromatic heterocycles. The zero-order valence-electron chi connectivity index (χ0n) is 33.8. The number of carboxylic acid groups (broad SMARTS) is 8. The van der Waals surface area contributed by atoms with Crippen LogP contribution in [0.1, 0.15) is 98.9 Å². The Morgan fingerprint density at radius 2 is 1.08 bits per heavy atom. The van der Waals surface area contributed by atoms with E-state index in [0.29, 0.717) is 5.57 Å². The number of hydrogen-bond acceptors (Lipinski definition) is 10. The number of rotatable bonds is 20. The normalized spacial score (nSPS) is 24.2. The van der Waals surface area contributed by atoms with Gasteiger partial charge in [0.05, 0.1) is 25.7 Å². The van der Waals surface area contributed by atoms with Gasteiger partial charge in [0.15, 0.2) is 0 Å². The molecule has 0 aromatic carbocycles. The van der Waals surface area contributed by atoms with E-state index in [0.717, 1.165) is 0 Å². The highest BCUT2D eigenvalue weighted by Gasteiger charge is 2.51. The minimum Gasteiger partial charge on any atom is -0.481 e. The first-order chi connectivity index (χ1) is 29.0. The lowest BCUT2D eigenvalue weighted by Gasteiger charge is -2.32. The molecule has 5 heterocycles. The van der Waals surface area contributed by atoms with Crippen LogP contribution >= 0.6 is 0 Å². The van der Waals surface area contributed by atoms with Crippen molar-refractivity contribution in [3.05, 3.63) is 73.1 Å². The van der Waals surface area contributed by atoms with Gasteiger partial charge in [-0.2, -0.15) is 0 Å². The molecular formula is C42H48N4O16. The van der Waals surface area contributed by atoms with Gasteiger partial charge in [0.1, 0.15) is 0 Å². The minimum absolute atomic E-state index is 0.0932. The third kappa shape index (κ3) is 10.1. The second kappa shape index (κ2) is 18.2. The van der Waals surface area contributed by atoms with E-state index in [1.807, 2.05) is 0 Å². The summed E-state index contributed by atoms with van der Waals surface area (Å²) in [6.07, 6.45) is 1.09. The third-order valence-corrected chi connectivity index (χ3v) is 11.9. The molecule has 0 spiro atoms. The van der Waals surface area contributed by atoms with Crippen molar-refractivity contribution in [2.45, 2.75) is 96.9 Å². The van der Waals surface area contributed by atoms with E-state index >= 15 is 0 Å². The van der Waals surface area contributed by atoms with Gasteiger partial charge in [0.25, 0.3) is 0 Å². The fourth-order valence-corrected chi connectivity index (χ4v) is 9.13. The summed E-state index contributed by atoms with van der Waals surface area (Å²) in [6, 6.07) is -0.925. The molecule has 20 heteroatoms. The molecule has 0 amide bonds. The molecule has 20 nitrogen and oxygen atoms in total. The Hall–Kier alpha value is -7.12. The predicted octanol–water partition coefficient (Wildman–Crippen LogP) is 1.62. The average Bonchev–Trinajstić information content (AvgIpc) is 3.77. The summed E-state index contributed by atoms with van der Waals surface area (Å²) in [5, 5.41) is 86.6. The number of aromatic amines is 2. The molecule has 8 bridgehead atoms. The predicted molar refractivity (Wildman–Crippen MR) is 215 cm³/mol. The van der Waals surface area contributed by atoms with E-state index in [-0.39, 0.29) is 87.1 Å². The Balaban J connectivity index is 2.02. The highest BCUT2D eigenvalue weighted by atomic mass is 16.4. The molecule has 1 fully saturated rings. The Morgan fingerprint density at radius 1 is 0.548 bits per heavy atom. The van der Waals surface area contributed by atoms with Gasteiger partial charge in [-0.1, -0.05) is 6.92 Å². The fourth-order valence-electron chi connectivity index (χ4n) is 9.13. The first-order valence-corrected chi connectivity index (χ1v) is 19.6. The van der Waals surface area contributed by atoms with Crippen molar-refractivity contribution in [1.29, 1.82) is 0 Å². The van der Waals surface area contributed by atoms with E-state index in [4.69, 9.17) is 0 Å². The van der Waals surface area contributed by atoms with Crippen LogP contribution in [-0.4, -0.2) is 105 Å². The van der Waals surface area contributed by atoms with E-state index in [1.165, 1.54) is 18.2 Å². The van der Waals surface area contributed by atoms with E-state index in [1.54, 1.807) is 19.9 Å². The van der Waals surface area contributed by atoms with Crippen LogP contribution in [0.3, 0.4) is 0 Å². The summed E-state index contributed by atoms with van der Waals surface area (Å²) < 4.78 is 0. The van der Waals surface area contributed by atoms with Crippen LogP contribution in [-0.2, 0) is 64.0 Å². The Kier molecular flexibility index (Phi) is 13.5. The molecule has 332 valence electrons. The van der Waals surface area contributed by atoms with Gasteiger partial charge < -0.3 is 61.5 Å². The van der Waals surface area contributed by atoms with Crippen LogP contribution in [0.25, 0.3) is 18.2 Å². The summed E-state index contributed by atoms with van der Waals surface area (Å²) in [7, 11) is 0. The number of hydrogen-bond donors (Lipinski definition) is 12. The van der Waals surface area contributed by atoms with Gasteiger partial charge >= 0.3 is 47.8 Å². The van der Waals surface area contributed by atoms with Crippen molar-refractivity contribution in [3.63, 3.8) is 0 Å². The standard InChI is InChI=1S/C42H48N4O16/c1-41(17-39(59)60)23(5-9-35(51)52)29-14-27-21(11-37(55)56)19(3-7-33(47)48)25(43-27)13-26-20(4-8-34(49)50)22(12-38(57)58)28(44-26)15-31-42(2,18-40(61)62)24(6-10-36(53)54)30(46-31)16-32(41)45-29/h13-16,24,30,43-46H,3-12,17-18H2,1-2H3,(H,47,48)(H,49,50)(H,51,52)(H,53,54)(H,55,56)(H,57,58)(H,59,60)(H,61,62)/b25-13-,27-14-,31-15-,32-16-/t24-,30?,41+,42+/m1/s1. The summed E-state index contributed by atoms with van der Waals surface area (Å²) in [5.74, 6) is -10.8. The molecule has 1 saturated heterocycles.